The summed E-state index contributed by atoms with van der Waals surface area (Å²) in [5, 5.41) is 0. The summed E-state index contributed by atoms with van der Waals surface area (Å²) >= 11 is 0. The van der Waals surface area contributed by atoms with Crippen molar-refractivity contribution < 1.29 is 4.74 Å². The molecule has 1 saturated heterocycles. The van der Waals surface area contributed by atoms with E-state index >= 15 is 0 Å². The van der Waals surface area contributed by atoms with Gasteiger partial charge >= 0.3 is 0 Å². The molecule has 0 radical (unpaired) electrons. The van der Waals surface area contributed by atoms with Crippen LogP contribution < -0.4 is 5.73 Å². The molecule has 1 saturated carbocycles. The maximum atomic E-state index is 6.12. The van der Waals surface area contributed by atoms with E-state index in [9.17, 15) is 0 Å². The minimum atomic E-state index is 0.362. The Hall–Kier alpha value is -0.120. The first kappa shape index (κ1) is 17.2. The molecule has 21 heavy (non-hydrogen) atoms. The van der Waals surface area contributed by atoms with E-state index in [-0.39, 0.29) is 0 Å². The lowest BCUT2D eigenvalue weighted by Gasteiger charge is -2.50. The minimum absolute atomic E-state index is 0.362. The van der Waals surface area contributed by atoms with Crippen LogP contribution in [0.15, 0.2) is 0 Å². The second-order valence-electron chi connectivity index (χ2n) is 8.34. The van der Waals surface area contributed by atoms with Gasteiger partial charge in [0.2, 0.25) is 0 Å². The van der Waals surface area contributed by atoms with Crippen molar-refractivity contribution in [3.63, 3.8) is 0 Å². The lowest BCUT2D eigenvalue weighted by molar-refractivity contribution is -0.0944. The van der Waals surface area contributed by atoms with Gasteiger partial charge in [-0.05, 0) is 56.4 Å². The van der Waals surface area contributed by atoms with Crippen molar-refractivity contribution in [1.29, 1.82) is 0 Å². The molecule has 2 rings (SSSR count). The van der Waals surface area contributed by atoms with Crippen molar-refractivity contribution in [2.45, 2.75) is 78.5 Å². The van der Waals surface area contributed by atoms with Crippen LogP contribution in [0.4, 0.5) is 0 Å². The fourth-order valence-corrected chi connectivity index (χ4v) is 4.31. The monoisotopic (exact) mass is 296 g/mol. The van der Waals surface area contributed by atoms with Gasteiger partial charge in [-0.3, -0.25) is 4.90 Å². The highest BCUT2D eigenvalue weighted by atomic mass is 16.5. The molecular formula is C18H36N2O. The van der Waals surface area contributed by atoms with Crippen LogP contribution in [0, 0.1) is 17.3 Å². The van der Waals surface area contributed by atoms with Crippen LogP contribution in [0.5, 0.6) is 0 Å². The summed E-state index contributed by atoms with van der Waals surface area (Å²) < 4.78 is 5.89. The third kappa shape index (κ3) is 4.00. The maximum absolute atomic E-state index is 6.12. The van der Waals surface area contributed by atoms with Gasteiger partial charge in [-0.25, -0.2) is 0 Å². The van der Waals surface area contributed by atoms with Crippen molar-refractivity contribution >= 4 is 0 Å². The van der Waals surface area contributed by atoms with Crippen LogP contribution in [0.2, 0.25) is 0 Å². The molecule has 1 heterocycles. The Bertz CT molecular complexity index is 326. The predicted octanol–water partition coefficient (Wildman–Crippen LogP) is 3.28. The fourth-order valence-electron chi connectivity index (χ4n) is 4.31. The molecule has 1 aliphatic carbocycles. The Morgan fingerprint density at radius 2 is 1.95 bits per heavy atom. The molecular weight excluding hydrogens is 260 g/mol. The topological polar surface area (TPSA) is 38.5 Å². The summed E-state index contributed by atoms with van der Waals surface area (Å²) in [6.45, 7) is 14.5. The van der Waals surface area contributed by atoms with Crippen LogP contribution in [0.1, 0.15) is 60.3 Å². The van der Waals surface area contributed by atoms with Crippen LogP contribution in [0.3, 0.4) is 0 Å². The molecule has 0 spiro atoms. The fraction of sp³-hybridized carbons (Fsp3) is 1.00. The maximum Gasteiger partial charge on any atom is 0.0674 e. The van der Waals surface area contributed by atoms with Gasteiger partial charge in [0.05, 0.1) is 12.7 Å². The van der Waals surface area contributed by atoms with Gasteiger partial charge in [-0.2, -0.15) is 0 Å². The molecule has 0 aromatic rings. The van der Waals surface area contributed by atoms with E-state index in [4.69, 9.17) is 10.5 Å². The highest BCUT2D eigenvalue weighted by Crippen LogP contribution is 2.42. The molecule has 2 fully saturated rings. The van der Waals surface area contributed by atoms with Crippen LogP contribution in [0.25, 0.3) is 0 Å². The molecule has 1 aliphatic heterocycles. The van der Waals surface area contributed by atoms with Gasteiger partial charge < -0.3 is 10.5 Å². The Kier molecular flexibility index (Phi) is 5.72. The van der Waals surface area contributed by atoms with E-state index < -0.39 is 0 Å². The van der Waals surface area contributed by atoms with Gasteiger partial charge in [0.25, 0.3) is 0 Å². The quantitative estimate of drug-likeness (QED) is 0.868. The molecule has 0 bridgehead atoms. The zero-order valence-corrected chi connectivity index (χ0v) is 14.8. The normalized spacial score (nSPS) is 39.4. The second kappa shape index (κ2) is 6.97. The largest absolute Gasteiger partial charge is 0.376 e. The Morgan fingerprint density at radius 1 is 1.24 bits per heavy atom. The Labute approximate surface area is 131 Å². The summed E-state index contributed by atoms with van der Waals surface area (Å²) in [4.78, 5) is 2.75. The molecule has 0 aromatic carbocycles. The average Bonchev–Trinajstić information content (AvgIpc) is 2.45. The first-order valence-corrected chi connectivity index (χ1v) is 8.94. The molecule has 2 aliphatic rings. The highest BCUT2D eigenvalue weighted by molar-refractivity contribution is 4.94. The number of morpholine rings is 1. The molecule has 124 valence electrons. The average molecular weight is 296 g/mol. The summed E-state index contributed by atoms with van der Waals surface area (Å²) in [7, 11) is 0. The minimum Gasteiger partial charge on any atom is -0.376 e. The zero-order valence-electron chi connectivity index (χ0n) is 14.8. The molecule has 5 atom stereocenters. The van der Waals surface area contributed by atoms with Crippen molar-refractivity contribution in [1.82, 2.24) is 4.90 Å². The first-order valence-electron chi connectivity index (χ1n) is 8.94. The molecule has 2 N–H and O–H groups in total. The number of rotatable bonds is 3. The van der Waals surface area contributed by atoms with Gasteiger partial charge in [0, 0.05) is 18.6 Å². The zero-order chi connectivity index (χ0) is 15.6. The summed E-state index contributed by atoms with van der Waals surface area (Å²) in [5.74, 6) is 1.49. The van der Waals surface area contributed by atoms with Crippen molar-refractivity contribution in [3.05, 3.63) is 0 Å². The molecule has 5 unspecified atom stereocenters. The lowest BCUT2D eigenvalue weighted by Crippen LogP contribution is -2.58. The van der Waals surface area contributed by atoms with E-state index in [0.717, 1.165) is 25.6 Å². The summed E-state index contributed by atoms with van der Waals surface area (Å²) in [5.41, 5.74) is 6.53. The van der Waals surface area contributed by atoms with Gasteiger partial charge in [-0.1, -0.05) is 27.7 Å². The number of nitrogens with zero attached hydrogens (tertiary/aromatic N) is 1. The van der Waals surface area contributed by atoms with Crippen molar-refractivity contribution in [2.24, 2.45) is 23.0 Å². The van der Waals surface area contributed by atoms with E-state index in [0.29, 0.717) is 29.5 Å². The van der Waals surface area contributed by atoms with Crippen LogP contribution in [-0.2, 0) is 4.74 Å². The second-order valence-corrected chi connectivity index (χ2v) is 8.34. The lowest BCUT2D eigenvalue weighted by atomic mass is 9.67. The smallest absolute Gasteiger partial charge is 0.0674 e. The van der Waals surface area contributed by atoms with E-state index in [1.165, 1.54) is 25.7 Å². The third-order valence-corrected chi connectivity index (χ3v) is 5.89. The van der Waals surface area contributed by atoms with Crippen molar-refractivity contribution in [2.75, 3.05) is 19.7 Å². The van der Waals surface area contributed by atoms with Crippen molar-refractivity contribution in [3.8, 4) is 0 Å². The Balaban J connectivity index is 2.15. The van der Waals surface area contributed by atoms with E-state index in [2.05, 4.69) is 39.5 Å². The van der Waals surface area contributed by atoms with Gasteiger partial charge in [0.15, 0.2) is 0 Å². The predicted molar refractivity (Wildman–Crippen MR) is 89.3 cm³/mol. The number of hydrogen-bond acceptors (Lipinski definition) is 3. The molecule has 3 nitrogen and oxygen atoms in total. The number of ether oxygens (including phenoxy) is 1. The summed E-state index contributed by atoms with van der Waals surface area (Å²) in [6.07, 6.45) is 5.50. The third-order valence-electron chi connectivity index (χ3n) is 5.89. The Morgan fingerprint density at radius 3 is 2.52 bits per heavy atom. The van der Waals surface area contributed by atoms with E-state index in [1.807, 2.05) is 0 Å². The molecule has 3 heteroatoms. The van der Waals surface area contributed by atoms with Crippen LogP contribution in [-0.4, -0.2) is 42.8 Å². The highest BCUT2D eigenvalue weighted by Gasteiger charge is 2.41. The summed E-state index contributed by atoms with van der Waals surface area (Å²) in [6, 6.07) is 1.24. The van der Waals surface area contributed by atoms with Crippen LogP contribution >= 0.6 is 0 Å². The number of hydrogen-bond donors (Lipinski definition) is 1. The molecule has 0 aromatic heterocycles. The SMILES string of the molecule is CCC1COC(C)CN1C1CC(C(C)(C)C)CCC1CN. The van der Waals surface area contributed by atoms with E-state index in [1.54, 1.807) is 0 Å². The number of nitrogens with two attached hydrogens (primary N) is 1. The van der Waals surface area contributed by atoms with Gasteiger partial charge in [-0.15, -0.1) is 0 Å². The molecule has 0 amide bonds. The van der Waals surface area contributed by atoms with Gasteiger partial charge in [0.1, 0.15) is 0 Å². The first-order chi connectivity index (χ1) is 9.86. The standard InChI is InChI=1S/C18H36N2O/c1-6-16-12-21-13(2)11-20(16)17-9-15(18(3,4)5)8-7-14(17)10-19/h13-17H,6-12,19H2,1-5H3.